The van der Waals surface area contributed by atoms with E-state index in [1.165, 1.54) is 13.0 Å². The lowest BCUT2D eigenvalue weighted by Gasteiger charge is -2.13. The molecule has 2 rings (SSSR count). The minimum absolute atomic E-state index is 0.0571. The summed E-state index contributed by atoms with van der Waals surface area (Å²) in [6, 6.07) is 12.9. The third-order valence-corrected chi connectivity index (χ3v) is 3.16. The van der Waals surface area contributed by atoms with Gasteiger partial charge in [0.25, 0.3) is 0 Å². The molecule has 1 N–H and O–H groups in total. The summed E-state index contributed by atoms with van der Waals surface area (Å²) in [5.74, 6) is 0.340. The first kappa shape index (κ1) is 14.9. The van der Waals surface area contributed by atoms with Gasteiger partial charge in [0.2, 0.25) is 0 Å². The summed E-state index contributed by atoms with van der Waals surface area (Å²) in [5.41, 5.74) is 2.18. The summed E-state index contributed by atoms with van der Waals surface area (Å²) in [4.78, 5) is 11.5. The lowest BCUT2D eigenvalue weighted by Crippen LogP contribution is -2.01. The topological polar surface area (TPSA) is 46.5 Å². The summed E-state index contributed by atoms with van der Waals surface area (Å²) < 4.78 is 5.77. The Morgan fingerprint density at radius 2 is 2.00 bits per heavy atom. The number of hydrogen-bond acceptors (Lipinski definition) is 3. The van der Waals surface area contributed by atoms with Crippen molar-refractivity contribution in [1.29, 1.82) is 0 Å². The number of phenolic OH excluding ortho intramolecular Hbond substituents is 1. The molecule has 0 aromatic heterocycles. The van der Waals surface area contributed by atoms with Crippen LogP contribution in [0.1, 0.15) is 28.4 Å². The van der Waals surface area contributed by atoms with Crippen molar-refractivity contribution in [2.75, 3.05) is 0 Å². The molecule has 0 spiro atoms. The number of phenols is 1. The Balaban J connectivity index is 2.27. The van der Waals surface area contributed by atoms with Crippen molar-refractivity contribution in [1.82, 2.24) is 0 Å². The monoisotopic (exact) mass is 282 g/mol. The summed E-state index contributed by atoms with van der Waals surface area (Å²) in [7, 11) is 0. The average molecular weight is 282 g/mol. The fraction of sp³-hybridized carbons (Fsp3) is 0.167. The Hall–Kier alpha value is -2.55. The van der Waals surface area contributed by atoms with E-state index in [1.807, 2.05) is 30.3 Å². The molecule has 0 amide bonds. The quantitative estimate of drug-likeness (QED) is 0.645. The fourth-order valence-corrected chi connectivity index (χ4v) is 2.08. The highest BCUT2D eigenvalue weighted by atomic mass is 16.5. The zero-order valence-corrected chi connectivity index (χ0v) is 12.0. The normalized spacial score (nSPS) is 10.1. The number of carbonyl (C=O) groups is 1. The first-order valence-electron chi connectivity index (χ1n) is 6.76. The highest BCUT2D eigenvalue weighted by molar-refractivity contribution is 5.97. The van der Waals surface area contributed by atoms with Crippen LogP contribution in [0, 0.1) is 0 Å². The number of aromatic hydroxyl groups is 1. The van der Waals surface area contributed by atoms with Crippen molar-refractivity contribution in [2.45, 2.75) is 20.0 Å². The molecule has 3 nitrogen and oxygen atoms in total. The number of hydrogen-bond donors (Lipinski definition) is 1. The largest absolute Gasteiger partial charge is 0.507 e. The molecule has 0 radical (unpaired) electrons. The molecule has 0 bridgehead atoms. The number of carbonyl (C=O) groups excluding carboxylic acids is 1. The van der Waals surface area contributed by atoms with Gasteiger partial charge in [0.1, 0.15) is 18.1 Å². The average Bonchev–Trinajstić information content (AvgIpc) is 2.48. The minimum atomic E-state index is -0.174. The standard InChI is InChI=1S/C18H18O3/c1-3-7-15-10-16(13(2)19)17(20)11-18(15)21-12-14-8-5-4-6-9-14/h3-6,8-11,20H,1,7,12H2,2H3. The van der Waals surface area contributed by atoms with E-state index in [4.69, 9.17) is 4.74 Å². The summed E-state index contributed by atoms with van der Waals surface area (Å²) >= 11 is 0. The predicted octanol–water partition coefficient (Wildman–Crippen LogP) is 3.90. The number of rotatable bonds is 6. The smallest absolute Gasteiger partial charge is 0.163 e. The van der Waals surface area contributed by atoms with E-state index < -0.39 is 0 Å². The van der Waals surface area contributed by atoms with Crippen LogP contribution in [-0.4, -0.2) is 10.9 Å². The van der Waals surface area contributed by atoms with Gasteiger partial charge >= 0.3 is 0 Å². The Morgan fingerprint density at radius 3 is 2.62 bits per heavy atom. The Bertz CT molecular complexity index is 645. The molecule has 3 heteroatoms. The van der Waals surface area contributed by atoms with Crippen LogP contribution in [-0.2, 0) is 13.0 Å². The van der Waals surface area contributed by atoms with Crippen molar-refractivity contribution in [3.8, 4) is 11.5 Å². The summed E-state index contributed by atoms with van der Waals surface area (Å²) in [6.45, 7) is 5.54. The van der Waals surface area contributed by atoms with Crippen LogP contribution < -0.4 is 4.74 Å². The van der Waals surface area contributed by atoms with Crippen LogP contribution in [0.25, 0.3) is 0 Å². The highest BCUT2D eigenvalue weighted by Gasteiger charge is 2.13. The molecule has 0 aliphatic carbocycles. The van der Waals surface area contributed by atoms with Gasteiger partial charge in [-0.25, -0.2) is 0 Å². The molecule has 108 valence electrons. The van der Waals surface area contributed by atoms with Crippen molar-refractivity contribution < 1.29 is 14.6 Å². The van der Waals surface area contributed by atoms with Gasteiger partial charge in [0.05, 0.1) is 5.56 Å². The number of Topliss-reactive ketones (excluding diaryl/α,β-unsaturated/α-hetero) is 1. The lowest BCUT2D eigenvalue weighted by atomic mass is 10.0. The zero-order valence-electron chi connectivity index (χ0n) is 12.0. The van der Waals surface area contributed by atoms with Gasteiger partial charge in [0, 0.05) is 6.07 Å². The molecule has 2 aromatic carbocycles. The molecule has 0 aliphatic heterocycles. The summed E-state index contributed by atoms with van der Waals surface area (Å²) in [6.07, 6.45) is 2.32. The second-order valence-corrected chi connectivity index (χ2v) is 4.80. The van der Waals surface area contributed by atoms with E-state index in [2.05, 4.69) is 6.58 Å². The highest BCUT2D eigenvalue weighted by Crippen LogP contribution is 2.30. The van der Waals surface area contributed by atoms with Crippen LogP contribution in [0.2, 0.25) is 0 Å². The van der Waals surface area contributed by atoms with Crippen LogP contribution in [0.3, 0.4) is 0 Å². The maximum Gasteiger partial charge on any atom is 0.163 e. The van der Waals surface area contributed by atoms with E-state index in [-0.39, 0.29) is 11.5 Å². The number of ether oxygens (including phenoxy) is 1. The van der Waals surface area contributed by atoms with Gasteiger partial charge in [-0.05, 0) is 30.5 Å². The predicted molar refractivity (Wildman–Crippen MR) is 82.8 cm³/mol. The maximum atomic E-state index is 11.5. The van der Waals surface area contributed by atoms with E-state index >= 15 is 0 Å². The SMILES string of the molecule is C=CCc1cc(C(C)=O)c(O)cc1OCc1ccccc1. The Kier molecular flexibility index (Phi) is 4.77. The van der Waals surface area contributed by atoms with Gasteiger partial charge in [-0.15, -0.1) is 6.58 Å². The second-order valence-electron chi connectivity index (χ2n) is 4.80. The molecule has 0 fully saturated rings. The first-order chi connectivity index (χ1) is 10.1. The van der Waals surface area contributed by atoms with E-state index in [0.29, 0.717) is 24.3 Å². The molecule has 0 saturated carbocycles. The zero-order chi connectivity index (χ0) is 15.2. The van der Waals surface area contributed by atoms with Crippen molar-refractivity contribution >= 4 is 5.78 Å². The number of benzene rings is 2. The minimum Gasteiger partial charge on any atom is -0.507 e. The maximum absolute atomic E-state index is 11.5. The molecular weight excluding hydrogens is 264 g/mol. The number of ketones is 1. The molecule has 21 heavy (non-hydrogen) atoms. The van der Waals surface area contributed by atoms with Crippen LogP contribution in [0.15, 0.2) is 55.1 Å². The van der Waals surface area contributed by atoms with Crippen molar-refractivity contribution in [3.63, 3.8) is 0 Å². The molecule has 2 aromatic rings. The van der Waals surface area contributed by atoms with Crippen molar-refractivity contribution in [2.24, 2.45) is 0 Å². The molecule has 0 heterocycles. The van der Waals surface area contributed by atoms with Crippen LogP contribution in [0.5, 0.6) is 11.5 Å². The van der Waals surface area contributed by atoms with Gasteiger partial charge in [-0.1, -0.05) is 36.4 Å². The first-order valence-corrected chi connectivity index (χ1v) is 6.76. The van der Waals surface area contributed by atoms with Gasteiger partial charge in [-0.2, -0.15) is 0 Å². The number of allylic oxidation sites excluding steroid dienone is 1. The van der Waals surface area contributed by atoms with Crippen molar-refractivity contribution in [3.05, 3.63) is 71.8 Å². The molecule has 0 aliphatic rings. The van der Waals surface area contributed by atoms with Gasteiger partial charge in [0.15, 0.2) is 5.78 Å². The molecule has 0 atom stereocenters. The third-order valence-electron chi connectivity index (χ3n) is 3.16. The fourth-order valence-electron chi connectivity index (χ4n) is 2.08. The second kappa shape index (κ2) is 6.75. The summed E-state index contributed by atoms with van der Waals surface area (Å²) in [5, 5.41) is 9.92. The Morgan fingerprint density at radius 1 is 1.29 bits per heavy atom. The molecular formula is C18H18O3. The van der Waals surface area contributed by atoms with E-state index in [9.17, 15) is 9.90 Å². The third kappa shape index (κ3) is 3.72. The van der Waals surface area contributed by atoms with E-state index in [0.717, 1.165) is 11.1 Å². The Labute approximate surface area is 124 Å². The molecule has 0 unspecified atom stereocenters. The van der Waals surface area contributed by atoms with Crippen LogP contribution in [0.4, 0.5) is 0 Å². The van der Waals surface area contributed by atoms with Crippen LogP contribution >= 0.6 is 0 Å². The molecule has 0 saturated heterocycles. The lowest BCUT2D eigenvalue weighted by molar-refractivity contribution is 0.101. The van der Waals surface area contributed by atoms with Gasteiger partial charge < -0.3 is 9.84 Å². The van der Waals surface area contributed by atoms with E-state index in [1.54, 1.807) is 12.1 Å². The van der Waals surface area contributed by atoms with Gasteiger partial charge in [-0.3, -0.25) is 4.79 Å².